The largest absolute Gasteiger partial charge is 0.370 e. The molecule has 6 nitrogen and oxygen atoms in total. The maximum absolute atomic E-state index is 12.3. The third-order valence-corrected chi connectivity index (χ3v) is 4.30. The Morgan fingerprint density at radius 1 is 1.32 bits per heavy atom. The van der Waals surface area contributed by atoms with Gasteiger partial charge in [-0.2, -0.15) is 5.10 Å². The average molecular weight is 342 g/mol. The lowest BCUT2D eigenvalue weighted by molar-refractivity contribution is -0.142. The van der Waals surface area contributed by atoms with Crippen molar-refractivity contribution in [1.82, 2.24) is 20.1 Å². The third-order valence-electron chi connectivity index (χ3n) is 4.30. The van der Waals surface area contributed by atoms with E-state index in [-0.39, 0.29) is 29.7 Å². The van der Waals surface area contributed by atoms with Crippen LogP contribution >= 0.6 is 0 Å². The van der Waals surface area contributed by atoms with Gasteiger partial charge in [-0.3, -0.25) is 14.5 Å². The molecule has 0 spiro atoms. The Labute approximate surface area is 148 Å². The average Bonchev–Trinajstić information content (AvgIpc) is 3.05. The van der Waals surface area contributed by atoms with E-state index in [0.717, 1.165) is 12.1 Å². The Hall–Kier alpha value is -2.21. The number of carbonyl (C=O) groups excluding carboxylic acids is 1. The Kier molecular flexibility index (Phi) is 5.18. The molecule has 0 aliphatic heterocycles. The number of carbonyl (C=O) groups is 1. The van der Waals surface area contributed by atoms with Crippen LogP contribution in [0.25, 0.3) is 0 Å². The summed E-state index contributed by atoms with van der Waals surface area (Å²) in [6.45, 7) is 6.14. The van der Waals surface area contributed by atoms with E-state index in [1.165, 1.54) is 0 Å². The number of nitrogens with zero attached hydrogens (tertiary/aromatic N) is 3. The molecule has 6 heteroatoms. The summed E-state index contributed by atoms with van der Waals surface area (Å²) in [6, 6.07) is 7.73. The normalized spacial score (nSPS) is 23.1. The van der Waals surface area contributed by atoms with E-state index in [2.05, 4.69) is 15.4 Å². The van der Waals surface area contributed by atoms with E-state index < -0.39 is 0 Å². The van der Waals surface area contributed by atoms with Crippen molar-refractivity contribution in [1.29, 1.82) is 0 Å². The van der Waals surface area contributed by atoms with E-state index in [1.54, 1.807) is 12.4 Å². The Morgan fingerprint density at radius 3 is 2.80 bits per heavy atom. The highest BCUT2D eigenvalue weighted by Gasteiger charge is 2.46. The number of aryl methyl sites for hydroxylation is 1. The molecule has 3 rings (SSSR count). The third kappa shape index (κ3) is 4.66. The molecule has 0 saturated heterocycles. The molecule has 0 aromatic carbocycles. The predicted molar refractivity (Wildman–Crippen MR) is 95.0 cm³/mol. The maximum Gasteiger partial charge on any atom is 0.220 e. The quantitative estimate of drug-likeness (QED) is 0.876. The zero-order chi connectivity index (χ0) is 17.9. The van der Waals surface area contributed by atoms with Gasteiger partial charge in [-0.05, 0) is 51.8 Å². The number of nitrogens with one attached hydrogen (secondary N) is 1. The fourth-order valence-electron chi connectivity index (χ4n) is 3.19. The minimum atomic E-state index is -0.218. The van der Waals surface area contributed by atoms with Gasteiger partial charge in [0, 0.05) is 30.7 Å². The maximum atomic E-state index is 12.3. The molecule has 134 valence electrons. The first kappa shape index (κ1) is 17.6. The molecule has 1 amide bonds. The number of amides is 1. The lowest BCUT2D eigenvalue weighted by Crippen LogP contribution is -2.58. The molecule has 1 fully saturated rings. The Balaban J connectivity index is 1.57. The van der Waals surface area contributed by atoms with Gasteiger partial charge in [-0.1, -0.05) is 6.07 Å². The summed E-state index contributed by atoms with van der Waals surface area (Å²) in [6.07, 6.45) is 7.37. The molecule has 2 aromatic rings. The van der Waals surface area contributed by atoms with Crippen molar-refractivity contribution in [2.75, 3.05) is 0 Å². The first-order valence-corrected chi connectivity index (χ1v) is 8.78. The highest BCUT2D eigenvalue weighted by molar-refractivity contribution is 5.76. The standard InChI is InChI=1S/C19H26N4O2/c1-19(2,3)25-16-13-15(18(16)23-12-6-11-21-23)22-17(24)9-8-14-7-4-5-10-20-14/h4-7,10-12,15-16,18H,8-9,13H2,1-3H3,(H,22,24)/t15-,16-,18-/m1/s1. The van der Waals surface area contributed by atoms with Gasteiger partial charge < -0.3 is 10.1 Å². The van der Waals surface area contributed by atoms with Crippen LogP contribution < -0.4 is 5.32 Å². The summed E-state index contributed by atoms with van der Waals surface area (Å²) in [4.78, 5) is 16.6. The molecule has 2 heterocycles. The second kappa shape index (κ2) is 7.35. The van der Waals surface area contributed by atoms with Gasteiger partial charge in [0.1, 0.15) is 0 Å². The van der Waals surface area contributed by atoms with Crippen LogP contribution in [0.3, 0.4) is 0 Å². The van der Waals surface area contributed by atoms with Gasteiger partial charge in [-0.25, -0.2) is 0 Å². The molecule has 0 unspecified atom stereocenters. The van der Waals surface area contributed by atoms with Crippen LogP contribution in [0.2, 0.25) is 0 Å². The fourth-order valence-corrected chi connectivity index (χ4v) is 3.19. The molecule has 1 aliphatic rings. The van der Waals surface area contributed by atoms with Gasteiger partial charge in [0.05, 0.1) is 23.8 Å². The zero-order valence-electron chi connectivity index (χ0n) is 15.1. The van der Waals surface area contributed by atoms with Gasteiger partial charge in [0.15, 0.2) is 0 Å². The second-order valence-corrected chi connectivity index (χ2v) is 7.48. The molecular weight excluding hydrogens is 316 g/mol. The van der Waals surface area contributed by atoms with Crippen molar-refractivity contribution in [3.05, 3.63) is 48.5 Å². The molecule has 2 aromatic heterocycles. The van der Waals surface area contributed by atoms with Crippen LogP contribution in [-0.2, 0) is 16.0 Å². The van der Waals surface area contributed by atoms with Crippen LogP contribution in [0.4, 0.5) is 0 Å². The molecule has 25 heavy (non-hydrogen) atoms. The van der Waals surface area contributed by atoms with Gasteiger partial charge in [-0.15, -0.1) is 0 Å². The summed E-state index contributed by atoms with van der Waals surface area (Å²) in [5.74, 6) is 0.0435. The predicted octanol–water partition coefficient (Wildman–Crippen LogP) is 2.52. The molecule has 1 aliphatic carbocycles. The minimum Gasteiger partial charge on any atom is -0.370 e. The van der Waals surface area contributed by atoms with Gasteiger partial charge in [0.25, 0.3) is 0 Å². The van der Waals surface area contributed by atoms with E-state index in [4.69, 9.17) is 4.74 Å². The number of hydrogen-bond donors (Lipinski definition) is 1. The summed E-state index contributed by atoms with van der Waals surface area (Å²) in [7, 11) is 0. The lowest BCUT2D eigenvalue weighted by atomic mass is 9.82. The van der Waals surface area contributed by atoms with E-state index in [0.29, 0.717) is 12.8 Å². The number of aromatic nitrogens is 3. The van der Waals surface area contributed by atoms with Gasteiger partial charge >= 0.3 is 0 Å². The molecular formula is C19H26N4O2. The minimum absolute atomic E-state index is 0.0352. The molecule has 1 saturated carbocycles. The highest BCUT2D eigenvalue weighted by atomic mass is 16.5. The molecule has 0 bridgehead atoms. The summed E-state index contributed by atoms with van der Waals surface area (Å²) < 4.78 is 8.02. The number of ether oxygens (including phenoxy) is 1. The van der Waals surface area contributed by atoms with Gasteiger partial charge in [0.2, 0.25) is 5.91 Å². The Bertz CT molecular complexity index is 679. The van der Waals surface area contributed by atoms with Crippen LogP contribution in [0.1, 0.15) is 45.3 Å². The molecule has 3 atom stereocenters. The molecule has 1 N–H and O–H groups in total. The van der Waals surface area contributed by atoms with Crippen LogP contribution in [0, 0.1) is 0 Å². The monoisotopic (exact) mass is 342 g/mol. The van der Waals surface area contributed by atoms with Crippen molar-refractivity contribution >= 4 is 5.91 Å². The van der Waals surface area contributed by atoms with Crippen LogP contribution in [0.5, 0.6) is 0 Å². The SMILES string of the molecule is CC(C)(C)O[C@@H]1C[C@@H](NC(=O)CCc2ccccn2)[C@H]1n1cccn1. The number of hydrogen-bond acceptors (Lipinski definition) is 4. The molecule has 0 radical (unpaired) electrons. The lowest BCUT2D eigenvalue weighted by Gasteiger charge is -2.46. The topological polar surface area (TPSA) is 69.0 Å². The summed E-state index contributed by atoms with van der Waals surface area (Å²) in [5.41, 5.74) is 0.716. The van der Waals surface area contributed by atoms with E-state index in [9.17, 15) is 4.79 Å². The van der Waals surface area contributed by atoms with E-state index >= 15 is 0 Å². The summed E-state index contributed by atoms with van der Waals surface area (Å²) >= 11 is 0. The first-order valence-electron chi connectivity index (χ1n) is 8.78. The van der Waals surface area contributed by atoms with Crippen molar-refractivity contribution in [3.8, 4) is 0 Å². The first-order chi connectivity index (χ1) is 11.9. The fraction of sp³-hybridized carbons (Fsp3) is 0.526. The Morgan fingerprint density at radius 2 is 2.16 bits per heavy atom. The van der Waals surface area contributed by atoms with Crippen molar-refractivity contribution in [2.45, 2.75) is 63.8 Å². The smallest absolute Gasteiger partial charge is 0.220 e. The zero-order valence-corrected chi connectivity index (χ0v) is 15.1. The second-order valence-electron chi connectivity index (χ2n) is 7.48. The summed E-state index contributed by atoms with van der Waals surface area (Å²) in [5, 5.41) is 7.48. The van der Waals surface area contributed by atoms with Crippen molar-refractivity contribution < 1.29 is 9.53 Å². The van der Waals surface area contributed by atoms with Crippen LogP contribution in [0.15, 0.2) is 42.9 Å². The van der Waals surface area contributed by atoms with Crippen molar-refractivity contribution in [2.24, 2.45) is 0 Å². The number of pyridine rings is 1. The van der Waals surface area contributed by atoms with E-state index in [1.807, 2.05) is 55.9 Å². The highest BCUT2D eigenvalue weighted by Crippen LogP contribution is 2.37. The van der Waals surface area contributed by atoms with Crippen LogP contribution in [-0.4, -0.2) is 38.4 Å². The van der Waals surface area contributed by atoms with Crippen molar-refractivity contribution in [3.63, 3.8) is 0 Å². The number of rotatable bonds is 6.